The minimum absolute atomic E-state index is 0.172. The second-order valence-corrected chi connectivity index (χ2v) is 3.26. The molecule has 0 saturated heterocycles. The minimum Gasteiger partial charge on any atom is -0.215 e. The minimum atomic E-state index is 0.172. The number of halogens is 1. The molecule has 14 heavy (non-hydrogen) atoms. The summed E-state index contributed by atoms with van der Waals surface area (Å²) >= 11 is 5.66. The molecule has 0 spiro atoms. The van der Waals surface area contributed by atoms with Crippen molar-refractivity contribution in [2.45, 2.75) is 6.92 Å². The first-order valence-electron chi connectivity index (χ1n) is 4.18. The Bertz CT molecular complexity index is 457. The van der Waals surface area contributed by atoms with Crippen molar-refractivity contribution in [1.82, 2.24) is 15.2 Å². The molecule has 2 aromatic rings. The van der Waals surface area contributed by atoms with E-state index in [1.807, 2.05) is 31.2 Å². The quantitative estimate of drug-likeness (QED) is 0.718. The maximum atomic E-state index is 5.66. The van der Waals surface area contributed by atoms with Crippen LogP contribution < -0.4 is 0 Å². The number of hydrogen-bond donors (Lipinski definition) is 0. The molecular weight excluding hydrogens is 198 g/mol. The van der Waals surface area contributed by atoms with Gasteiger partial charge in [-0.1, -0.05) is 24.3 Å². The Hall–Kier alpha value is -1.48. The molecule has 1 heterocycles. The van der Waals surface area contributed by atoms with E-state index in [1.54, 1.807) is 6.20 Å². The van der Waals surface area contributed by atoms with E-state index in [9.17, 15) is 0 Å². The van der Waals surface area contributed by atoms with E-state index in [0.29, 0.717) is 0 Å². The SMILES string of the molecule is Cc1ccccc1-c1cnnc(Cl)n1. The zero-order chi connectivity index (χ0) is 9.97. The first kappa shape index (κ1) is 9.09. The topological polar surface area (TPSA) is 38.7 Å². The fraction of sp³-hybridized carbons (Fsp3) is 0.100. The lowest BCUT2D eigenvalue weighted by Gasteiger charge is -2.02. The monoisotopic (exact) mass is 205 g/mol. The Kier molecular flexibility index (Phi) is 2.41. The number of benzene rings is 1. The number of aryl methyl sites for hydroxylation is 1. The van der Waals surface area contributed by atoms with Gasteiger partial charge in [0.15, 0.2) is 0 Å². The van der Waals surface area contributed by atoms with Gasteiger partial charge < -0.3 is 0 Å². The summed E-state index contributed by atoms with van der Waals surface area (Å²) in [7, 11) is 0. The summed E-state index contributed by atoms with van der Waals surface area (Å²) in [6.45, 7) is 2.02. The predicted molar refractivity (Wildman–Crippen MR) is 55.0 cm³/mol. The van der Waals surface area contributed by atoms with Crippen molar-refractivity contribution in [2.24, 2.45) is 0 Å². The maximum absolute atomic E-state index is 5.66. The van der Waals surface area contributed by atoms with Crippen LogP contribution in [0.3, 0.4) is 0 Å². The highest BCUT2D eigenvalue weighted by molar-refractivity contribution is 6.28. The highest BCUT2D eigenvalue weighted by Crippen LogP contribution is 2.20. The van der Waals surface area contributed by atoms with E-state index in [1.165, 1.54) is 0 Å². The molecule has 0 saturated carbocycles. The maximum Gasteiger partial charge on any atom is 0.243 e. The molecule has 0 aliphatic carbocycles. The standard InChI is InChI=1S/C10H8ClN3/c1-7-4-2-3-5-8(7)9-6-12-14-10(11)13-9/h2-6H,1H3. The Morgan fingerprint density at radius 3 is 2.71 bits per heavy atom. The average molecular weight is 206 g/mol. The third kappa shape index (κ3) is 1.72. The van der Waals surface area contributed by atoms with Crippen LogP contribution in [-0.4, -0.2) is 15.2 Å². The highest BCUT2D eigenvalue weighted by Gasteiger charge is 2.03. The van der Waals surface area contributed by atoms with Gasteiger partial charge in [0.25, 0.3) is 0 Å². The number of hydrogen-bond acceptors (Lipinski definition) is 3. The Labute approximate surface area is 86.8 Å². The normalized spacial score (nSPS) is 10.1. The van der Waals surface area contributed by atoms with Crippen molar-refractivity contribution in [3.63, 3.8) is 0 Å². The van der Waals surface area contributed by atoms with Gasteiger partial charge in [0.2, 0.25) is 5.28 Å². The van der Waals surface area contributed by atoms with E-state index in [4.69, 9.17) is 11.6 Å². The largest absolute Gasteiger partial charge is 0.243 e. The molecular formula is C10H8ClN3. The molecule has 0 N–H and O–H groups in total. The van der Waals surface area contributed by atoms with E-state index in [2.05, 4.69) is 15.2 Å². The van der Waals surface area contributed by atoms with Crippen molar-refractivity contribution in [1.29, 1.82) is 0 Å². The van der Waals surface area contributed by atoms with Crippen LogP contribution in [-0.2, 0) is 0 Å². The first-order valence-corrected chi connectivity index (χ1v) is 4.56. The Morgan fingerprint density at radius 1 is 1.21 bits per heavy atom. The Morgan fingerprint density at radius 2 is 2.00 bits per heavy atom. The van der Waals surface area contributed by atoms with Gasteiger partial charge in [-0.2, -0.15) is 5.10 Å². The summed E-state index contributed by atoms with van der Waals surface area (Å²) in [5, 5.41) is 7.53. The molecule has 0 fully saturated rings. The lowest BCUT2D eigenvalue weighted by molar-refractivity contribution is 0.974. The molecule has 0 amide bonds. The van der Waals surface area contributed by atoms with Crippen LogP contribution in [0.15, 0.2) is 30.5 Å². The van der Waals surface area contributed by atoms with Crippen LogP contribution in [0.1, 0.15) is 5.56 Å². The predicted octanol–water partition coefficient (Wildman–Crippen LogP) is 2.50. The van der Waals surface area contributed by atoms with E-state index >= 15 is 0 Å². The Balaban J connectivity index is 2.55. The van der Waals surface area contributed by atoms with Crippen LogP contribution in [0.2, 0.25) is 5.28 Å². The van der Waals surface area contributed by atoms with Crippen LogP contribution >= 0.6 is 11.6 Å². The van der Waals surface area contributed by atoms with Gasteiger partial charge in [0.05, 0.1) is 11.9 Å². The molecule has 1 aromatic heterocycles. The second-order valence-electron chi connectivity index (χ2n) is 2.93. The summed E-state index contributed by atoms with van der Waals surface area (Å²) in [6, 6.07) is 7.94. The van der Waals surface area contributed by atoms with Gasteiger partial charge in [0.1, 0.15) is 0 Å². The highest BCUT2D eigenvalue weighted by atomic mass is 35.5. The van der Waals surface area contributed by atoms with Crippen LogP contribution in [0.5, 0.6) is 0 Å². The lowest BCUT2D eigenvalue weighted by atomic mass is 10.1. The van der Waals surface area contributed by atoms with Crippen molar-refractivity contribution < 1.29 is 0 Å². The first-order chi connectivity index (χ1) is 6.77. The van der Waals surface area contributed by atoms with E-state index in [-0.39, 0.29) is 5.28 Å². The summed E-state index contributed by atoms with van der Waals surface area (Å²) in [4.78, 5) is 4.10. The van der Waals surface area contributed by atoms with Gasteiger partial charge in [-0.15, -0.1) is 5.10 Å². The van der Waals surface area contributed by atoms with Crippen molar-refractivity contribution >= 4 is 11.6 Å². The molecule has 4 heteroatoms. The summed E-state index contributed by atoms with van der Waals surface area (Å²) in [5.41, 5.74) is 2.93. The number of nitrogens with zero attached hydrogens (tertiary/aromatic N) is 3. The van der Waals surface area contributed by atoms with Crippen molar-refractivity contribution in [3.05, 3.63) is 41.3 Å². The zero-order valence-corrected chi connectivity index (χ0v) is 8.36. The fourth-order valence-corrected chi connectivity index (χ4v) is 1.41. The molecule has 0 aliphatic heterocycles. The molecule has 0 bridgehead atoms. The zero-order valence-electron chi connectivity index (χ0n) is 7.61. The van der Waals surface area contributed by atoms with Gasteiger partial charge in [0, 0.05) is 5.56 Å². The molecule has 3 nitrogen and oxygen atoms in total. The molecule has 0 radical (unpaired) electrons. The third-order valence-corrected chi connectivity index (χ3v) is 2.11. The summed E-state index contributed by atoms with van der Waals surface area (Å²) in [5.74, 6) is 0. The third-order valence-electron chi connectivity index (χ3n) is 1.95. The van der Waals surface area contributed by atoms with Crippen molar-refractivity contribution in [2.75, 3.05) is 0 Å². The second kappa shape index (κ2) is 3.72. The molecule has 2 rings (SSSR count). The fourth-order valence-electron chi connectivity index (χ4n) is 1.27. The van der Waals surface area contributed by atoms with Gasteiger partial charge >= 0.3 is 0 Å². The molecule has 1 aromatic carbocycles. The molecule has 0 aliphatic rings. The van der Waals surface area contributed by atoms with Crippen LogP contribution in [0.25, 0.3) is 11.3 Å². The number of aromatic nitrogens is 3. The van der Waals surface area contributed by atoms with Gasteiger partial charge in [-0.25, -0.2) is 4.98 Å². The van der Waals surface area contributed by atoms with Crippen molar-refractivity contribution in [3.8, 4) is 11.3 Å². The van der Waals surface area contributed by atoms with Crippen LogP contribution in [0.4, 0.5) is 0 Å². The lowest BCUT2D eigenvalue weighted by Crippen LogP contribution is -1.91. The van der Waals surface area contributed by atoms with Crippen LogP contribution in [0, 0.1) is 6.92 Å². The van der Waals surface area contributed by atoms with Gasteiger partial charge in [-0.05, 0) is 24.1 Å². The van der Waals surface area contributed by atoms with Gasteiger partial charge in [-0.3, -0.25) is 0 Å². The summed E-state index contributed by atoms with van der Waals surface area (Å²) < 4.78 is 0. The van der Waals surface area contributed by atoms with E-state index in [0.717, 1.165) is 16.8 Å². The average Bonchev–Trinajstić information content (AvgIpc) is 2.18. The summed E-state index contributed by atoms with van der Waals surface area (Å²) in [6.07, 6.45) is 1.61. The molecule has 0 atom stereocenters. The molecule has 0 unspecified atom stereocenters. The molecule has 70 valence electrons. The smallest absolute Gasteiger partial charge is 0.215 e. The number of rotatable bonds is 1. The van der Waals surface area contributed by atoms with E-state index < -0.39 is 0 Å².